The van der Waals surface area contributed by atoms with E-state index in [-0.39, 0.29) is 24.6 Å². The number of nitrogens with zero attached hydrogens (tertiary/aromatic N) is 3. The molecule has 0 saturated carbocycles. The number of halogens is 3. The van der Waals surface area contributed by atoms with Crippen molar-refractivity contribution in [2.75, 3.05) is 5.32 Å². The second kappa shape index (κ2) is 10.4. The fourth-order valence-corrected chi connectivity index (χ4v) is 3.88. The van der Waals surface area contributed by atoms with Crippen LogP contribution in [0.2, 0.25) is 0 Å². The number of aromatic nitrogens is 2. The molecule has 0 saturated heterocycles. The minimum Gasteiger partial charge on any atom is -0.486 e. The van der Waals surface area contributed by atoms with Crippen LogP contribution in [0.25, 0.3) is 0 Å². The van der Waals surface area contributed by atoms with Crippen LogP contribution in [0.3, 0.4) is 0 Å². The van der Waals surface area contributed by atoms with E-state index >= 15 is 0 Å². The maximum absolute atomic E-state index is 13.0. The Morgan fingerprint density at radius 2 is 1.89 bits per heavy atom. The molecule has 1 N–H and O–H groups in total. The standard InChI is InChI=1S/C26H23F3N4O5/c1-15-11-20(7-9-22(15)33(35)36)37-14-21-8-10-23(38-21)25(34)30-24-16(2)31-32(17(24)3)13-18-5-4-6-19(12-18)26(27,28)29/h4-12H,13-14H2,1-3H3,(H,30,34). The number of hydrogen-bond donors (Lipinski definition) is 1. The van der Waals surface area contributed by atoms with Gasteiger partial charge in [-0.3, -0.25) is 19.6 Å². The molecule has 0 atom stereocenters. The molecule has 2 aromatic heterocycles. The van der Waals surface area contributed by atoms with Crippen LogP contribution in [-0.2, 0) is 19.3 Å². The number of furan rings is 1. The summed E-state index contributed by atoms with van der Waals surface area (Å²) in [4.78, 5) is 23.3. The Kier molecular flexibility index (Phi) is 7.24. The minimum atomic E-state index is -4.45. The van der Waals surface area contributed by atoms with E-state index in [0.717, 1.165) is 12.1 Å². The molecule has 0 fully saturated rings. The molecule has 0 radical (unpaired) electrons. The molecule has 0 spiro atoms. The smallest absolute Gasteiger partial charge is 0.416 e. The maximum Gasteiger partial charge on any atom is 0.416 e. The predicted octanol–water partition coefficient (Wildman–Crippen LogP) is 6.21. The van der Waals surface area contributed by atoms with Crippen LogP contribution in [0.1, 0.15) is 44.4 Å². The maximum atomic E-state index is 13.0. The van der Waals surface area contributed by atoms with Gasteiger partial charge in [0.2, 0.25) is 0 Å². The fourth-order valence-electron chi connectivity index (χ4n) is 3.88. The lowest BCUT2D eigenvalue weighted by Crippen LogP contribution is -2.13. The molecule has 2 aromatic carbocycles. The highest BCUT2D eigenvalue weighted by Crippen LogP contribution is 2.30. The zero-order valence-electron chi connectivity index (χ0n) is 20.6. The quantitative estimate of drug-likeness (QED) is 0.215. The first-order valence-corrected chi connectivity index (χ1v) is 11.4. The van der Waals surface area contributed by atoms with Crippen molar-refractivity contribution in [2.24, 2.45) is 0 Å². The second-order valence-corrected chi connectivity index (χ2v) is 8.62. The van der Waals surface area contributed by atoms with Crippen LogP contribution in [0.15, 0.2) is 59.0 Å². The molecule has 12 heteroatoms. The summed E-state index contributed by atoms with van der Waals surface area (Å²) in [6.45, 7) is 5.08. The topological polar surface area (TPSA) is 112 Å². The Labute approximate surface area is 215 Å². The van der Waals surface area contributed by atoms with E-state index in [0.29, 0.717) is 39.7 Å². The summed E-state index contributed by atoms with van der Waals surface area (Å²) in [5, 5.41) is 18.1. The van der Waals surface area contributed by atoms with Crippen LogP contribution < -0.4 is 10.1 Å². The van der Waals surface area contributed by atoms with E-state index in [1.807, 2.05) is 0 Å². The monoisotopic (exact) mass is 528 g/mol. The van der Waals surface area contributed by atoms with Crippen molar-refractivity contribution >= 4 is 17.3 Å². The average Bonchev–Trinajstić information content (AvgIpc) is 3.43. The van der Waals surface area contributed by atoms with Crippen molar-refractivity contribution in [3.05, 3.63) is 104 Å². The van der Waals surface area contributed by atoms with Gasteiger partial charge >= 0.3 is 6.18 Å². The van der Waals surface area contributed by atoms with Crippen molar-refractivity contribution in [1.82, 2.24) is 9.78 Å². The van der Waals surface area contributed by atoms with Gasteiger partial charge in [0.05, 0.1) is 34.1 Å². The van der Waals surface area contributed by atoms with Gasteiger partial charge < -0.3 is 14.5 Å². The van der Waals surface area contributed by atoms with Crippen molar-refractivity contribution in [2.45, 2.75) is 40.1 Å². The SMILES string of the molecule is Cc1cc(OCc2ccc(C(=O)Nc3c(C)nn(Cc4cccc(C(F)(F)F)c4)c3C)o2)ccc1[N+](=O)[O-]. The number of nitro benzene ring substituents is 1. The van der Waals surface area contributed by atoms with Gasteiger partial charge in [-0.1, -0.05) is 12.1 Å². The summed E-state index contributed by atoms with van der Waals surface area (Å²) in [5.74, 6) is 0.259. The number of anilines is 1. The highest BCUT2D eigenvalue weighted by molar-refractivity contribution is 6.02. The highest BCUT2D eigenvalue weighted by atomic mass is 19.4. The van der Waals surface area contributed by atoms with Gasteiger partial charge in [0.15, 0.2) is 5.76 Å². The molecule has 0 aliphatic heterocycles. The summed E-state index contributed by atoms with van der Waals surface area (Å²) >= 11 is 0. The molecule has 4 aromatic rings. The third kappa shape index (κ3) is 5.85. The lowest BCUT2D eigenvalue weighted by atomic mass is 10.1. The van der Waals surface area contributed by atoms with E-state index in [1.54, 1.807) is 32.9 Å². The molecular formula is C26H23F3N4O5. The van der Waals surface area contributed by atoms with Crippen LogP contribution in [-0.4, -0.2) is 20.6 Å². The molecule has 0 aliphatic carbocycles. The average molecular weight is 528 g/mol. The van der Waals surface area contributed by atoms with Gasteiger partial charge in [0.1, 0.15) is 18.1 Å². The Balaban J connectivity index is 1.41. The number of benzene rings is 2. The summed E-state index contributed by atoms with van der Waals surface area (Å²) < 4.78 is 51.8. The number of nitrogens with one attached hydrogen (secondary N) is 1. The van der Waals surface area contributed by atoms with Gasteiger partial charge in [-0.2, -0.15) is 18.3 Å². The zero-order valence-corrected chi connectivity index (χ0v) is 20.6. The first-order chi connectivity index (χ1) is 17.9. The molecular weight excluding hydrogens is 505 g/mol. The van der Waals surface area contributed by atoms with E-state index in [9.17, 15) is 28.1 Å². The van der Waals surface area contributed by atoms with E-state index in [2.05, 4.69) is 10.4 Å². The Morgan fingerprint density at radius 3 is 2.58 bits per heavy atom. The molecule has 38 heavy (non-hydrogen) atoms. The summed E-state index contributed by atoms with van der Waals surface area (Å²) in [6, 6.07) is 12.4. The fraction of sp³-hybridized carbons (Fsp3) is 0.231. The molecule has 2 heterocycles. The summed E-state index contributed by atoms with van der Waals surface area (Å²) in [5.41, 5.74) is 1.60. The van der Waals surface area contributed by atoms with Crippen LogP contribution in [0, 0.1) is 30.9 Å². The molecule has 1 amide bonds. The number of hydrogen-bond acceptors (Lipinski definition) is 6. The van der Waals surface area contributed by atoms with Gasteiger partial charge in [-0.05, 0) is 62.7 Å². The van der Waals surface area contributed by atoms with Gasteiger partial charge in [-0.25, -0.2) is 0 Å². The number of rotatable bonds is 8. The number of amides is 1. The number of nitro groups is 1. The third-order valence-corrected chi connectivity index (χ3v) is 5.84. The molecule has 0 bridgehead atoms. The third-order valence-electron chi connectivity index (χ3n) is 5.84. The first kappa shape index (κ1) is 26.5. The van der Waals surface area contributed by atoms with E-state index in [1.165, 1.54) is 35.0 Å². The van der Waals surface area contributed by atoms with E-state index < -0.39 is 22.6 Å². The molecule has 0 aliphatic rings. The van der Waals surface area contributed by atoms with Crippen LogP contribution in [0.5, 0.6) is 5.75 Å². The Morgan fingerprint density at radius 1 is 1.13 bits per heavy atom. The number of aryl methyl sites for hydroxylation is 2. The largest absolute Gasteiger partial charge is 0.486 e. The molecule has 0 unspecified atom stereocenters. The number of carbonyl (C=O) groups is 1. The summed E-state index contributed by atoms with van der Waals surface area (Å²) in [7, 11) is 0. The lowest BCUT2D eigenvalue weighted by Gasteiger charge is -2.10. The van der Waals surface area contributed by atoms with Gasteiger partial charge in [-0.15, -0.1) is 0 Å². The Bertz CT molecular complexity index is 1510. The normalized spacial score (nSPS) is 11.4. The van der Waals surface area contributed by atoms with Gasteiger partial charge in [0.25, 0.3) is 11.6 Å². The molecule has 198 valence electrons. The summed E-state index contributed by atoms with van der Waals surface area (Å²) in [6.07, 6.45) is -4.45. The van der Waals surface area contributed by atoms with Gasteiger partial charge in [0, 0.05) is 11.6 Å². The number of ether oxygens (including phenoxy) is 1. The highest BCUT2D eigenvalue weighted by Gasteiger charge is 2.30. The molecule has 4 rings (SSSR count). The lowest BCUT2D eigenvalue weighted by molar-refractivity contribution is -0.385. The van der Waals surface area contributed by atoms with E-state index in [4.69, 9.17) is 9.15 Å². The second-order valence-electron chi connectivity index (χ2n) is 8.62. The van der Waals surface area contributed by atoms with Crippen molar-refractivity contribution in [3.8, 4) is 5.75 Å². The van der Waals surface area contributed by atoms with Crippen LogP contribution in [0.4, 0.5) is 24.5 Å². The molecule has 9 nitrogen and oxygen atoms in total. The number of alkyl halides is 3. The Hall–Kier alpha value is -4.61. The van der Waals surface area contributed by atoms with Crippen molar-refractivity contribution < 1.29 is 32.0 Å². The number of carbonyl (C=O) groups excluding carboxylic acids is 1. The first-order valence-electron chi connectivity index (χ1n) is 11.4. The van der Waals surface area contributed by atoms with Crippen LogP contribution >= 0.6 is 0 Å². The van der Waals surface area contributed by atoms with Crippen molar-refractivity contribution in [3.63, 3.8) is 0 Å². The van der Waals surface area contributed by atoms with Crippen molar-refractivity contribution in [1.29, 1.82) is 0 Å². The predicted molar refractivity (Wildman–Crippen MR) is 131 cm³/mol. The minimum absolute atomic E-state index is 0.00247. The zero-order chi connectivity index (χ0) is 27.6.